The van der Waals surface area contributed by atoms with E-state index in [2.05, 4.69) is 5.32 Å². The van der Waals surface area contributed by atoms with Gasteiger partial charge in [0.15, 0.2) is 11.5 Å². The topological polar surface area (TPSA) is 73.9 Å². The van der Waals surface area contributed by atoms with Crippen molar-refractivity contribution in [1.29, 1.82) is 0 Å². The predicted molar refractivity (Wildman–Crippen MR) is 125 cm³/mol. The molecule has 1 amide bonds. The molecule has 0 bridgehead atoms. The SMILES string of the molecule is O=C(/C=C/c1ccccc1)NC[C@@H](OC(=O)/C=C/c1ccccc1)c1ccc2c(c1)OCO2. The van der Waals surface area contributed by atoms with Crippen molar-refractivity contribution in [3.8, 4) is 11.5 Å². The first-order valence-corrected chi connectivity index (χ1v) is 10.5. The Morgan fingerprint density at radius 2 is 1.48 bits per heavy atom. The first kappa shape index (κ1) is 21.9. The van der Waals surface area contributed by atoms with E-state index < -0.39 is 12.1 Å². The van der Waals surface area contributed by atoms with Crippen molar-refractivity contribution in [1.82, 2.24) is 5.32 Å². The minimum atomic E-state index is -0.707. The third-order valence-electron chi connectivity index (χ3n) is 4.93. The lowest BCUT2D eigenvalue weighted by atomic mass is 10.1. The van der Waals surface area contributed by atoms with Gasteiger partial charge in [-0.25, -0.2) is 4.79 Å². The molecule has 1 heterocycles. The molecule has 3 aromatic rings. The number of fused-ring (bicyclic) bond motifs is 1. The van der Waals surface area contributed by atoms with Crippen LogP contribution in [-0.4, -0.2) is 25.2 Å². The molecule has 0 fully saturated rings. The molecule has 0 unspecified atom stereocenters. The largest absolute Gasteiger partial charge is 0.454 e. The highest BCUT2D eigenvalue weighted by Crippen LogP contribution is 2.35. The van der Waals surface area contributed by atoms with Crippen LogP contribution in [0, 0.1) is 0 Å². The number of esters is 1. The average molecular weight is 441 g/mol. The van der Waals surface area contributed by atoms with Crippen LogP contribution in [0.4, 0.5) is 0 Å². The number of hydrogen-bond donors (Lipinski definition) is 1. The lowest BCUT2D eigenvalue weighted by molar-refractivity contribution is -0.143. The second-order valence-corrected chi connectivity index (χ2v) is 7.27. The van der Waals surface area contributed by atoms with Crippen LogP contribution >= 0.6 is 0 Å². The van der Waals surface area contributed by atoms with E-state index in [9.17, 15) is 9.59 Å². The van der Waals surface area contributed by atoms with Crippen molar-refractivity contribution in [2.45, 2.75) is 6.10 Å². The fourth-order valence-corrected chi connectivity index (χ4v) is 3.24. The molecule has 0 spiro atoms. The first-order chi connectivity index (χ1) is 16.2. The van der Waals surface area contributed by atoms with Gasteiger partial charge in [-0.1, -0.05) is 66.7 Å². The number of carbonyl (C=O) groups excluding carboxylic acids is 2. The Balaban J connectivity index is 1.44. The van der Waals surface area contributed by atoms with Crippen LogP contribution in [0.5, 0.6) is 11.5 Å². The summed E-state index contributed by atoms with van der Waals surface area (Å²) >= 11 is 0. The zero-order chi connectivity index (χ0) is 22.9. The molecule has 1 N–H and O–H groups in total. The van der Waals surface area contributed by atoms with E-state index in [4.69, 9.17) is 14.2 Å². The fourth-order valence-electron chi connectivity index (χ4n) is 3.24. The molecule has 0 aliphatic carbocycles. The molecule has 3 aromatic carbocycles. The summed E-state index contributed by atoms with van der Waals surface area (Å²) in [7, 11) is 0. The van der Waals surface area contributed by atoms with Crippen LogP contribution in [0.3, 0.4) is 0 Å². The van der Waals surface area contributed by atoms with Gasteiger partial charge in [0, 0.05) is 12.2 Å². The highest BCUT2D eigenvalue weighted by molar-refractivity contribution is 5.91. The lowest BCUT2D eigenvalue weighted by Gasteiger charge is -2.18. The minimum absolute atomic E-state index is 0.0997. The Morgan fingerprint density at radius 1 is 0.848 bits per heavy atom. The summed E-state index contributed by atoms with van der Waals surface area (Å²) in [5.41, 5.74) is 2.49. The normalized spacial score (nSPS) is 13.2. The Kier molecular flexibility index (Phi) is 7.18. The van der Waals surface area contributed by atoms with Crippen LogP contribution in [0.15, 0.2) is 91.0 Å². The van der Waals surface area contributed by atoms with Gasteiger partial charge in [0.1, 0.15) is 6.10 Å². The predicted octanol–water partition coefficient (Wildman–Crippen LogP) is 4.54. The van der Waals surface area contributed by atoms with Crippen molar-refractivity contribution in [3.05, 3.63) is 108 Å². The van der Waals surface area contributed by atoms with Crippen LogP contribution in [-0.2, 0) is 14.3 Å². The molecule has 6 heteroatoms. The number of nitrogens with one attached hydrogen (secondary N) is 1. The van der Waals surface area contributed by atoms with E-state index in [1.807, 2.05) is 60.7 Å². The third-order valence-corrected chi connectivity index (χ3v) is 4.93. The van der Waals surface area contributed by atoms with E-state index >= 15 is 0 Å². The zero-order valence-corrected chi connectivity index (χ0v) is 17.8. The summed E-state index contributed by atoms with van der Waals surface area (Å²) in [6.07, 6.45) is 5.51. The summed E-state index contributed by atoms with van der Waals surface area (Å²) in [6, 6.07) is 24.3. The molecule has 0 aromatic heterocycles. The highest BCUT2D eigenvalue weighted by atomic mass is 16.7. The summed E-state index contributed by atoms with van der Waals surface area (Å²) < 4.78 is 16.5. The van der Waals surface area contributed by atoms with Gasteiger partial charge >= 0.3 is 5.97 Å². The van der Waals surface area contributed by atoms with E-state index in [1.165, 1.54) is 12.2 Å². The zero-order valence-electron chi connectivity index (χ0n) is 17.8. The van der Waals surface area contributed by atoms with Crippen LogP contribution in [0.1, 0.15) is 22.8 Å². The van der Waals surface area contributed by atoms with Crippen molar-refractivity contribution < 1.29 is 23.8 Å². The van der Waals surface area contributed by atoms with E-state index in [0.29, 0.717) is 17.1 Å². The lowest BCUT2D eigenvalue weighted by Crippen LogP contribution is -2.29. The Labute approximate surface area is 192 Å². The number of rotatable bonds is 8. The summed E-state index contributed by atoms with van der Waals surface area (Å²) in [6.45, 7) is 0.243. The molecule has 1 aliphatic heterocycles. The van der Waals surface area contributed by atoms with E-state index in [0.717, 1.165) is 11.1 Å². The van der Waals surface area contributed by atoms with E-state index in [-0.39, 0.29) is 19.2 Å². The van der Waals surface area contributed by atoms with Crippen LogP contribution < -0.4 is 14.8 Å². The second-order valence-electron chi connectivity index (χ2n) is 7.27. The maximum Gasteiger partial charge on any atom is 0.331 e. The van der Waals surface area contributed by atoms with Gasteiger partial charge in [-0.2, -0.15) is 0 Å². The van der Waals surface area contributed by atoms with Crippen molar-refractivity contribution in [2.75, 3.05) is 13.3 Å². The number of ether oxygens (including phenoxy) is 3. The maximum absolute atomic E-state index is 12.5. The second kappa shape index (κ2) is 10.8. The summed E-state index contributed by atoms with van der Waals surface area (Å²) in [4.78, 5) is 24.8. The fraction of sp³-hybridized carbons (Fsp3) is 0.111. The summed E-state index contributed by atoms with van der Waals surface area (Å²) in [5, 5.41) is 2.80. The molecule has 0 radical (unpaired) electrons. The molecule has 1 aliphatic rings. The maximum atomic E-state index is 12.5. The van der Waals surface area contributed by atoms with Crippen molar-refractivity contribution in [2.24, 2.45) is 0 Å². The molecule has 0 saturated carbocycles. The standard InChI is InChI=1S/C27H23NO5/c29-26(15-11-20-7-3-1-4-8-20)28-18-25(22-13-14-23-24(17-22)32-19-31-23)33-27(30)16-12-21-9-5-2-6-10-21/h1-17,25H,18-19H2,(H,28,29)/b15-11+,16-12+/t25-/m1/s1. The van der Waals surface area contributed by atoms with Gasteiger partial charge in [0.25, 0.3) is 0 Å². The number of benzene rings is 3. The molecule has 33 heavy (non-hydrogen) atoms. The molecular weight excluding hydrogens is 418 g/mol. The Morgan fingerprint density at radius 3 is 2.18 bits per heavy atom. The van der Waals surface area contributed by atoms with Gasteiger partial charge in [-0.05, 0) is 41.0 Å². The van der Waals surface area contributed by atoms with Gasteiger partial charge in [-0.15, -0.1) is 0 Å². The van der Waals surface area contributed by atoms with Crippen LogP contribution in [0.25, 0.3) is 12.2 Å². The molecule has 166 valence electrons. The number of hydrogen-bond acceptors (Lipinski definition) is 5. The monoisotopic (exact) mass is 441 g/mol. The molecule has 4 rings (SSSR count). The van der Waals surface area contributed by atoms with E-state index in [1.54, 1.807) is 30.4 Å². The van der Waals surface area contributed by atoms with Crippen molar-refractivity contribution >= 4 is 24.0 Å². The van der Waals surface area contributed by atoms with Crippen molar-refractivity contribution in [3.63, 3.8) is 0 Å². The quantitative estimate of drug-likeness (QED) is 0.410. The minimum Gasteiger partial charge on any atom is -0.454 e. The van der Waals surface area contributed by atoms with Gasteiger partial charge in [0.05, 0.1) is 6.54 Å². The smallest absolute Gasteiger partial charge is 0.331 e. The van der Waals surface area contributed by atoms with Gasteiger partial charge in [-0.3, -0.25) is 4.79 Å². The van der Waals surface area contributed by atoms with Gasteiger partial charge in [0.2, 0.25) is 12.7 Å². The Bertz CT molecular complexity index is 1160. The molecule has 1 atom stereocenters. The average Bonchev–Trinajstić information content (AvgIpc) is 3.33. The molecular formula is C27H23NO5. The van der Waals surface area contributed by atoms with Crippen LogP contribution in [0.2, 0.25) is 0 Å². The third kappa shape index (κ3) is 6.33. The number of carbonyl (C=O) groups is 2. The Hall–Kier alpha value is -4.32. The molecule has 0 saturated heterocycles. The highest BCUT2D eigenvalue weighted by Gasteiger charge is 2.21. The first-order valence-electron chi connectivity index (χ1n) is 10.5. The van der Waals surface area contributed by atoms with Gasteiger partial charge < -0.3 is 19.5 Å². The number of amides is 1. The summed E-state index contributed by atoms with van der Waals surface area (Å²) in [5.74, 6) is 0.391. The molecule has 6 nitrogen and oxygen atoms in total.